The summed E-state index contributed by atoms with van der Waals surface area (Å²) in [7, 11) is 1.40. The number of hydrogen-bond donors (Lipinski definition) is 2. The largest absolute Gasteiger partial charge is 0.507 e. The number of aromatic hydroxyl groups is 1. The fourth-order valence-electron chi connectivity index (χ4n) is 4.00. The van der Waals surface area contributed by atoms with Crippen LogP contribution in [0.25, 0.3) is 5.76 Å². The second-order valence-electron chi connectivity index (χ2n) is 7.97. The Morgan fingerprint density at radius 3 is 2.61 bits per heavy atom. The van der Waals surface area contributed by atoms with E-state index in [1.165, 1.54) is 18.1 Å². The molecule has 2 aromatic carbocycles. The zero-order valence-corrected chi connectivity index (χ0v) is 20.9. The van der Waals surface area contributed by atoms with E-state index in [-0.39, 0.29) is 29.4 Å². The highest BCUT2D eigenvalue weighted by Gasteiger charge is 2.46. The van der Waals surface area contributed by atoms with E-state index in [9.17, 15) is 19.8 Å². The minimum absolute atomic E-state index is 0.0784. The van der Waals surface area contributed by atoms with Crippen LogP contribution in [0.5, 0.6) is 17.2 Å². The lowest BCUT2D eigenvalue weighted by atomic mass is 9.94. The van der Waals surface area contributed by atoms with Gasteiger partial charge in [0.25, 0.3) is 11.7 Å². The molecule has 0 bridgehead atoms. The first-order valence-electron chi connectivity index (χ1n) is 10.9. The molecule has 4 rings (SSSR count). The fourth-order valence-corrected chi connectivity index (χ4v) is 4.46. The molecule has 1 amide bonds. The maximum absolute atomic E-state index is 13.3. The maximum atomic E-state index is 13.3. The highest BCUT2D eigenvalue weighted by Crippen LogP contribution is 2.44. The van der Waals surface area contributed by atoms with E-state index in [4.69, 9.17) is 9.47 Å². The van der Waals surface area contributed by atoms with Gasteiger partial charge in [-0.15, -0.1) is 0 Å². The first kappa shape index (κ1) is 25.0. The Kier molecular flexibility index (Phi) is 7.40. The highest BCUT2D eigenvalue weighted by molar-refractivity contribution is 9.10. The number of carbonyl (C=O) groups excluding carboxylic acids is 2. The van der Waals surface area contributed by atoms with Crippen molar-refractivity contribution in [3.8, 4) is 17.2 Å². The van der Waals surface area contributed by atoms with Gasteiger partial charge in [-0.1, -0.05) is 18.7 Å². The summed E-state index contributed by atoms with van der Waals surface area (Å²) in [5.41, 5.74) is 1.43. The summed E-state index contributed by atoms with van der Waals surface area (Å²) in [6, 6.07) is 12.2. The molecule has 9 heteroatoms. The van der Waals surface area contributed by atoms with Gasteiger partial charge in [0.2, 0.25) is 0 Å². The molecule has 1 aliphatic rings. The molecule has 184 valence electrons. The SMILES string of the molecule is C=CCOc1ccc(/C(O)=C2/C(=O)C(=O)N(Cc3cccnc3)C2c2cc(Br)c(O)c(OC)c2)cc1. The van der Waals surface area contributed by atoms with Crippen molar-refractivity contribution in [1.82, 2.24) is 9.88 Å². The van der Waals surface area contributed by atoms with Crippen LogP contribution in [-0.2, 0) is 16.1 Å². The predicted molar refractivity (Wildman–Crippen MR) is 137 cm³/mol. The number of pyridine rings is 1. The van der Waals surface area contributed by atoms with E-state index >= 15 is 0 Å². The van der Waals surface area contributed by atoms with Crippen LogP contribution in [0.15, 0.2) is 83.6 Å². The van der Waals surface area contributed by atoms with Crippen molar-refractivity contribution in [2.75, 3.05) is 13.7 Å². The zero-order chi connectivity index (χ0) is 25.8. The lowest BCUT2D eigenvalue weighted by Gasteiger charge is -2.26. The van der Waals surface area contributed by atoms with Crippen LogP contribution in [0, 0.1) is 0 Å². The first-order valence-corrected chi connectivity index (χ1v) is 11.7. The van der Waals surface area contributed by atoms with Gasteiger partial charge in [-0.3, -0.25) is 14.6 Å². The summed E-state index contributed by atoms with van der Waals surface area (Å²) in [5, 5.41) is 21.6. The third-order valence-electron chi connectivity index (χ3n) is 5.70. The number of halogens is 1. The molecule has 3 aromatic rings. The molecule has 0 aliphatic carbocycles. The number of rotatable bonds is 8. The van der Waals surface area contributed by atoms with Gasteiger partial charge in [0.05, 0.1) is 23.2 Å². The number of amides is 1. The smallest absolute Gasteiger partial charge is 0.295 e. The number of methoxy groups -OCH3 is 1. The molecule has 1 atom stereocenters. The number of ketones is 1. The Bertz CT molecular complexity index is 1340. The van der Waals surface area contributed by atoms with E-state index < -0.39 is 17.7 Å². The molecule has 1 aromatic heterocycles. The Morgan fingerprint density at radius 1 is 1.22 bits per heavy atom. The minimum atomic E-state index is -0.951. The number of Topliss-reactive ketones (excluding diaryl/α,β-unsaturated/α-hetero) is 1. The monoisotopic (exact) mass is 550 g/mol. The van der Waals surface area contributed by atoms with Crippen molar-refractivity contribution in [2.24, 2.45) is 0 Å². The average molecular weight is 551 g/mol. The maximum Gasteiger partial charge on any atom is 0.295 e. The molecule has 1 unspecified atom stereocenters. The van der Waals surface area contributed by atoms with Crippen molar-refractivity contribution < 1.29 is 29.3 Å². The Balaban J connectivity index is 1.85. The lowest BCUT2D eigenvalue weighted by molar-refractivity contribution is -0.140. The topological polar surface area (TPSA) is 109 Å². The number of aliphatic hydroxyl groups is 1. The van der Waals surface area contributed by atoms with E-state index in [0.717, 1.165) is 0 Å². The van der Waals surface area contributed by atoms with Crippen molar-refractivity contribution in [1.29, 1.82) is 0 Å². The van der Waals surface area contributed by atoms with Gasteiger partial charge in [-0.05, 0) is 69.5 Å². The molecular weight excluding hydrogens is 528 g/mol. The summed E-state index contributed by atoms with van der Waals surface area (Å²) < 4.78 is 11.1. The Labute approximate surface area is 216 Å². The van der Waals surface area contributed by atoms with Crippen LogP contribution < -0.4 is 9.47 Å². The van der Waals surface area contributed by atoms with Crippen LogP contribution >= 0.6 is 15.9 Å². The second kappa shape index (κ2) is 10.7. The molecule has 0 radical (unpaired) electrons. The standard InChI is InChI=1S/C27H23BrN2O6/c1-3-11-36-19-8-6-17(7-9-19)24(31)22-23(18-12-20(28)25(32)21(13-18)35-2)30(27(34)26(22)33)15-16-5-4-10-29-14-16/h3-10,12-14,23,31-32H,1,11,15H2,2H3/b24-22-. The van der Waals surface area contributed by atoms with Gasteiger partial charge in [-0.2, -0.15) is 0 Å². The van der Waals surface area contributed by atoms with Gasteiger partial charge in [0, 0.05) is 24.5 Å². The molecule has 2 heterocycles. The number of ether oxygens (including phenoxy) is 2. The van der Waals surface area contributed by atoms with Crippen molar-refractivity contribution in [2.45, 2.75) is 12.6 Å². The highest BCUT2D eigenvalue weighted by atomic mass is 79.9. The lowest BCUT2D eigenvalue weighted by Crippen LogP contribution is -2.29. The number of carbonyl (C=O) groups is 2. The van der Waals surface area contributed by atoms with E-state index in [1.807, 2.05) is 0 Å². The number of aromatic nitrogens is 1. The summed E-state index contributed by atoms with van der Waals surface area (Å²) in [6.07, 6.45) is 4.83. The number of phenolic OH excluding ortho intramolecular Hbond substituents is 1. The Morgan fingerprint density at radius 2 is 1.97 bits per heavy atom. The molecule has 8 nitrogen and oxygen atoms in total. The van der Waals surface area contributed by atoms with Crippen molar-refractivity contribution >= 4 is 33.4 Å². The average Bonchev–Trinajstić information content (AvgIpc) is 3.14. The third kappa shape index (κ3) is 4.83. The summed E-state index contributed by atoms with van der Waals surface area (Å²) in [4.78, 5) is 31.9. The van der Waals surface area contributed by atoms with Gasteiger partial charge in [0.1, 0.15) is 18.1 Å². The van der Waals surface area contributed by atoms with E-state index in [1.54, 1.807) is 60.9 Å². The number of likely N-dealkylation sites (tertiary alicyclic amines) is 1. The second-order valence-corrected chi connectivity index (χ2v) is 8.82. The quantitative estimate of drug-likeness (QED) is 0.180. The first-order chi connectivity index (χ1) is 17.3. The van der Waals surface area contributed by atoms with Crippen LogP contribution in [0.3, 0.4) is 0 Å². The van der Waals surface area contributed by atoms with Crippen LogP contribution in [-0.4, -0.2) is 45.5 Å². The van der Waals surface area contributed by atoms with Crippen molar-refractivity contribution in [3.05, 3.63) is 100 Å². The van der Waals surface area contributed by atoms with Gasteiger partial charge >= 0.3 is 0 Å². The summed E-state index contributed by atoms with van der Waals surface area (Å²) >= 11 is 3.30. The molecule has 1 aliphatic heterocycles. The van der Waals surface area contributed by atoms with Crippen molar-refractivity contribution in [3.63, 3.8) is 0 Å². The third-order valence-corrected chi connectivity index (χ3v) is 6.30. The molecule has 1 fully saturated rings. The number of benzene rings is 2. The van der Waals surface area contributed by atoms with Gasteiger partial charge in [0.15, 0.2) is 11.5 Å². The van der Waals surface area contributed by atoms with Crippen LogP contribution in [0.2, 0.25) is 0 Å². The molecule has 0 saturated carbocycles. The fraction of sp³-hybridized carbons (Fsp3) is 0.148. The van der Waals surface area contributed by atoms with Gasteiger partial charge < -0.3 is 24.6 Å². The van der Waals surface area contributed by atoms with E-state index in [2.05, 4.69) is 27.5 Å². The number of nitrogens with zero attached hydrogens (tertiary/aromatic N) is 2. The number of hydrogen-bond acceptors (Lipinski definition) is 7. The summed E-state index contributed by atoms with van der Waals surface area (Å²) in [6.45, 7) is 4.01. The molecule has 2 N–H and O–H groups in total. The molecule has 1 saturated heterocycles. The predicted octanol–water partition coefficient (Wildman–Crippen LogP) is 4.75. The Hall–Kier alpha value is -4.11. The minimum Gasteiger partial charge on any atom is -0.507 e. The normalized spacial score (nSPS) is 16.7. The number of aliphatic hydroxyl groups excluding tert-OH is 1. The number of phenols is 1. The summed E-state index contributed by atoms with van der Waals surface area (Å²) in [5.74, 6) is -1.33. The zero-order valence-electron chi connectivity index (χ0n) is 19.3. The van der Waals surface area contributed by atoms with Gasteiger partial charge in [-0.25, -0.2) is 0 Å². The molecular formula is C27H23BrN2O6. The molecule has 36 heavy (non-hydrogen) atoms. The molecule has 0 spiro atoms. The van der Waals surface area contributed by atoms with Crippen LogP contribution in [0.4, 0.5) is 0 Å². The van der Waals surface area contributed by atoms with Crippen LogP contribution in [0.1, 0.15) is 22.7 Å². The van der Waals surface area contributed by atoms with E-state index in [0.29, 0.717) is 33.5 Å².